The summed E-state index contributed by atoms with van der Waals surface area (Å²) < 4.78 is 6.08. The Balaban J connectivity index is 0.00000364. The first kappa shape index (κ1) is 24.6. The first-order chi connectivity index (χ1) is 12.4. The van der Waals surface area contributed by atoms with Crippen LogP contribution in [0.4, 0.5) is 0 Å². The molecular formula is C20H37IN4OS. The molecule has 1 aliphatic rings. The van der Waals surface area contributed by atoms with Gasteiger partial charge in [-0.2, -0.15) is 0 Å². The molecule has 2 N–H and O–H groups in total. The molecule has 27 heavy (non-hydrogen) atoms. The molecule has 1 aromatic rings. The van der Waals surface area contributed by atoms with Gasteiger partial charge >= 0.3 is 0 Å². The highest BCUT2D eigenvalue weighted by Gasteiger charge is 2.35. The second kappa shape index (κ2) is 12.2. The van der Waals surface area contributed by atoms with E-state index in [1.54, 1.807) is 11.3 Å². The number of guanidine groups is 1. The van der Waals surface area contributed by atoms with Gasteiger partial charge in [-0.3, -0.25) is 4.99 Å². The Kier molecular flexibility index (Phi) is 11.1. The molecule has 5 nitrogen and oxygen atoms in total. The average Bonchev–Trinajstić information content (AvgIpc) is 3.07. The second-order valence-corrected chi connectivity index (χ2v) is 8.98. The number of hydrogen-bond donors (Lipinski definition) is 2. The number of aryl methyl sites for hydroxylation is 1. The monoisotopic (exact) mass is 508 g/mol. The molecule has 2 heterocycles. The minimum atomic E-state index is 0. The molecule has 1 saturated heterocycles. The molecule has 0 radical (unpaired) electrons. The molecule has 0 aromatic carbocycles. The Hall–Kier alpha value is -0.410. The lowest BCUT2D eigenvalue weighted by molar-refractivity contribution is -0.0823. The molecule has 156 valence electrons. The quantitative estimate of drug-likeness (QED) is 0.328. The van der Waals surface area contributed by atoms with Crippen molar-refractivity contribution >= 4 is 41.3 Å². The van der Waals surface area contributed by atoms with Gasteiger partial charge in [0, 0.05) is 44.0 Å². The highest BCUT2D eigenvalue weighted by Crippen LogP contribution is 2.34. The molecule has 1 aromatic heterocycles. The second-order valence-electron chi connectivity index (χ2n) is 8.04. The number of aliphatic imine (C=N–C) groups is 1. The zero-order valence-corrected chi connectivity index (χ0v) is 20.7. The maximum atomic E-state index is 6.08. The normalized spacial score (nSPS) is 20.9. The SMILES string of the molecule is CCNC(=NCC1CCCOC1C(C)(C)C)NCCc1csc(CC)n1.I. The molecule has 0 spiro atoms. The van der Waals surface area contributed by atoms with E-state index in [1.165, 1.54) is 17.1 Å². The fourth-order valence-corrected chi connectivity index (χ4v) is 4.25. The van der Waals surface area contributed by atoms with Crippen LogP contribution in [0.2, 0.25) is 0 Å². The molecule has 1 aliphatic heterocycles. The number of rotatable bonds is 7. The topological polar surface area (TPSA) is 58.5 Å². The average molecular weight is 509 g/mol. The van der Waals surface area contributed by atoms with Crippen molar-refractivity contribution in [1.29, 1.82) is 0 Å². The Bertz CT molecular complexity index is 571. The van der Waals surface area contributed by atoms with Crippen LogP contribution in [0.3, 0.4) is 0 Å². The van der Waals surface area contributed by atoms with Crippen LogP contribution in [0.1, 0.15) is 58.2 Å². The van der Waals surface area contributed by atoms with E-state index in [-0.39, 0.29) is 35.5 Å². The lowest BCUT2D eigenvalue weighted by Crippen LogP contribution is -2.43. The minimum absolute atomic E-state index is 0. The van der Waals surface area contributed by atoms with Gasteiger partial charge in [-0.05, 0) is 31.6 Å². The van der Waals surface area contributed by atoms with Crippen LogP contribution >= 0.6 is 35.3 Å². The van der Waals surface area contributed by atoms with Crippen LogP contribution in [-0.2, 0) is 17.6 Å². The summed E-state index contributed by atoms with van der Waals surface area (Å²) in [7, 11) is 0. The predicted molar refractivity (Wildman–Crippen MR) is 127 cm³/mol. The highest BCUT2D eigenvalue weighted by atomic mass is 127. The maximum Gasteiger partial charge on any atom is 0.191 e. The van der Waals surface area contributed by atoms with Gasteiger partial charge in [0.15, 0.2) is 5.96 Å². The maximum absolute atomic E-state index is 6.08. The minimum Gasteiger partial charge on any atom is -0.377 e. The third-order valence-electron chi connectivity index (χ3n) is 4.70. The third-order valence-corrected chi connectivity index (χ3v) is 5.74. The highest BCUT2D eigenvalue weighted by molar-refractivity contribution is 14.0. The van der Waals surface area contributed by atoms with E-state index in [0.29, 0.717) is 5.92 Å². The van der Waals surface area contributed by atoms with E-state index < -0.39 is 0 Å². The Morgan fingerprint density at radius 1 is 1.33 bits per heavy atom. The van der Waals surface area contributed by atoms with E-state index in [2.05, 4.69) is 55.6 Å². The van der Waals surface area contributed by atoms with Gasteiger partial charge in [-0.25, -0.2) is 4.98 Å². The Labute approximate surface area is 186 Å². The molecule has 0 aliphatic carbocycles. The number of hydrogen-bond acceptors (Lipinski definition) is 4. The number of thiazole rings is 1. The molecule has 2 unspecified atom stereocenters. The summed E-state index contributed by atoms with van der Waals surface area (Å²) in [6.45, 7) is 14.5. The Morgan fingerprint density at radius 3 is 2.74 bits per heavy atom. The van der Waals surface area contributed by atoms with Gasteiger partial charge in [-0.15, -0.1) is 35.3 Å². The Morgan fingerprint density at radius 2 is 2.11 bits per heavy atom. The number of aromatic nitrogens is 1. The zero-order chi connectivity index (χ0) is 19.0. The molecule has 0 amide bonds. The summed E-state index contributed by atoms with van der Waals surface area (Å²) in [6, 6.07) is 0. The van der Waals surface area contributed by atoms with Gasteiger partial charge in [0.25, 0.3) is 0 Å². The molecule has 1 fully saturated rings. The van der Waals surface area contributed by atoms with E-state index in [1.807, 2.05) is 0 Å². The molecule has 2 atom stereocenters. The van der Waals surface area contributed by atoms with E-state index in [9.17, 15) is 0 Å². The number of ether oxygens (including phenoxy) is 1. The van der Waals surface area contributed by atoms with Crippen LogP contribution in [0.25, 0.3) is 0 Å². The fraction of sp³-hybridized carbons (Fsp3) is 0.800. The summed E-state index contributed by atoms with van der Waals surface area (Å²) in [4.78, 5) is 9.48. The van der Waals surface area contributed by atoms with Gasteiger partial charge in [0.1, 0.15) is 0 Å². The van der Waals surface area contributed by atoms with Crippen LogP contribution in [0.15, 0.2) is 10.4 Å². The summed E-state index contributed by atoms with van der Waals surface area (Å²) in [5.41, 5.74) is 1.33. The lowest BCUT2D eigenvalue weighted by Gasteiger charge is -2.39. The summed E-state index contributed by atoms with van der Waals surface area (Å²) in [6.07, 6.45) is 4.56. The van der Waals surface area contributed by atoms with Crippen molar-refractivity contribution in [1.82, 2.24) is 15.6 Å². The third kappa shape index (κ3) is 8.23. The smallest absolute Gasteiger partial charge is 0.191 e. The van der Waals surface area contributed by atoms with Crippen molar-refractivity contribution < 1.29 is 4.74 Å². The zero-order valence-electron chi connectivity index (χ0n) is 17.5. The van der Waals surface area contributed by atoms with Crippen LogP contribution in [0, 0.1) is 11.3 Å². The molecular weight excluding hydrogens is 471 g/mol. The van der Waals surface area contributed by atoms with E-state index in [4.69, 9.17) is 9.73 Å². The van der Waals surface area contributed by atoms with Crippen molar-refractivity contribution in [2.45, 2.75) is 66.4 Å². The van der Waals surface area contributed by atoms with Crippen LogP contribution in [0.5, 0.6) is 0 Å². The van der Waals surface area contributed by atoms with E-state index >= 15 is 0 Å². The van der Waals surface area contributed by atoms with Crippen molar-refractivity contribution in [3.05, 3.63) is 16.1 Å². The lowest BCUT2D eigenvalue weighted by atomic mass is 9.78. The first-order valence-corrected chi connectivity index (χ1v) is 10.9. The van der Waals surface area contributed by atoms with Gasteiger partial charge in [0.05, 0.1) is 16.8 Å². The summed E-state index contributed by atoms with van der Waals surface area (Å²) in [5, 5.41) is 10.2. The number of nitrogens with zero attached hydrogens (tertiary/aromatic N) is 2. The van der Waals surface area contributed by atoms with Crippen molar-refractivity contribution in [3.8, 4) is 0 Å². The summed E-state index contributed by atoms with van der Waals surface area (Å²) >= 11 is 1.75. The summed E-state index contributed by atoms with van der Waals surface area (Å²) in [5.74, 6) is 1.39. The van der Waals surface area contributed by atoms with Crippen LogP contribution < -0.4 is 10.6 Å². The molecule has 0 bridgehead atoms. The van der Waals surface area contributed by atoms with Gasteiger partial charge in [-0.1, -0.05) is 27.7 Å². The number of nitrogens with one attached hydrogen (secondary N) is 2. The molecule has 0 saturated carbocycles. The fourth-order valence-electron chi connectivity index (χ4n) is 3.47. The standard InChI is InChI=1S/C20H36N4OS.HI/c1-6-17-24-16(14-26-17)10-11-22-19(21-7-2)23-13-15-9-8-12-25-18(15)20(3,4)5;/h14-15,18H,6-13H2,1-5H3,(H2,21,22,23);1H. The first-order valence-electron chi connectivity index (χ1n) is 10.0. The van der Waals surface area contributed by atoms with Gasteiger partial charge < -0.3 is 15.4 Å². The van der Waals surface area contributed by atoms with Crippen molar-refractivity contribution in [3.63, 3.8) is 0 Å². The van der Waals surface area contributed by atoms with Gasteiger partial charge in [0.2, 0.25) is 0 Å². The number of halogens is 1. The molecule has 2 rings (SSSR count). The predicted octanol–water partition coefficient (Wildman–Crippen LogP) is 4.26. The van der Waals surface area contributed by atoms with Crippen molar-refractivity contribution in [2.24, 2.45) is 16.3 Å². The van der Waals surface area contributed by atoms with E-state index in [0.717, 1.165) is 51.5 Å². The van der Waals surface area contributed by atoms with Crippen molar-refractivity contribution in [2.75, 3.05) is 26.2 Å². The van der Waals surface area contributed by atoms with Crippen LogP contribution in [-0.4, -0.2) is 43.3 Å². The molecule has 7 heteroatoms. The largest absolute Gasteiger partial charge is 0.377 e.